The van der Waals surface area contributed by atoms with Crippen LogP contribution in [0.2, 0.25) is 10.0 Å². The minimum atomic E-state index is -0.896. The molecule has 2 amide bonds. The van der Waals surface area contributed by atoms with Crippen LogP contribution in [0.15, 0.2) is 42.5 Å². The van der Waals surface area contributed by atoms with Crippen molar-refractivity contribution in [3.05, 3.63) is 63.9 Å². The van der Waals surface area contributed by atoms with Crippen LogP contribution in [0, 0.1) is 5.82 Å². The Morgan fingerprint density at radius 3 is 2.48 bits per heavy atom. The first-order valence-corrected chi connectivity index (χ1v) is 9.63. The van der Waals surface area contributed by atoms with E-state index in [4.69, 9.17) is 27.9 Å². The van der Waals surface area contributed by atoms with Crippen molar-refractivity contribution in [1.82, 2.24) is 10.6 Å². The largest absolute Gasteiger partial charge is 0.484 e. The molecule has 0 saturated heterocycles. The molecule has 3 N–H and O–H groups in total. The summed E-state index contributed by atoms with van der Waals surface area (Å²) < 4.78 is 18.4. The van der Waals surface area contributed by atoms with Crippen molar-refractivity contribution < 1.29 is 23.8 Å². The second-order valence-electron chi connectivity index (χ2n) is 6.26. The summed E-state index contributed by atoms with van der Waals surface area (Å²) in [4.78, 5) is 23.6. The highest BCUT2D eigenvalue weighted by atomic mass is 35.5. The highest BCUT2D eigenvalue weighted by molar-refractivity contribution is 6.30. The summed E-state index contributed by atoms with van der Waals surface area (Å²) in [5, 5.41) is 15.8. The maximum atomic E-state index is 13.3. The lowest BCUT2D eigenvalue weighted by Gasteiger charge is -2.12. The van der Waals surface area contributed by atoms with Crippen molar-refractivity contribution in [2.75, 3.05) is 13.2 Å². The third-order valence-corrected chi connectivity index (χ3v) is 4.44. The molecule has 6 nitrogen and oxygen atoms in total. The van der Waals surface area contributed by atoms with E-state index in [0.717, 1.165) is 11.6 Å². The fourth-order valence-electron chi connectivity index (χ4n) is 2.34. The van der Waals surface area contributed by atoms with Gasteiger partial charge in [0.1, 0.15) is 11.6 Å². The van der Waals surface area contributed by atoms with E-state index in [1.807, 2.05) is 0 Å². The van der Waals surface area contributed by atoms with E-state index in [-0.39, 0.29) is 42.7 Å². The maximum absolute atomic E-state index is 13.3. The molecule has 9 heteroatoms. The Morgan fingerprint density at radius 2 is 1.79 bits per heavy atom. The Morgan fingerprint density at radius 1 is 1.07 bits per heavy atom. The van der Waals surface area contributed by atoms with E-state index in [0.29, 0.717) is 11.6 Å². The Bertz CT molecular complexity index is 834. The topological polar surface area (TPSA) is 87.7 Å². The first-order valence-electron chi connectivity index (χ1n) is 8.87. The van der Waals surface area contributed by atoms with Gasteiger partial charge in [-0.25, -0.2) is 4.39 Å². The minimum Gasteiger partial charge on any atom is -0.484 e. The fraction of sp³-hybridized carbons (Fsp3) is 0.300. The Kier molecular flexibility index (Phi) is 9.18. The molecule has 2 rings (SSSR count). The molecule has 0 bridgehead atoms. The number of carbonyl (C=O) groups excluding carboxylic acids is 2. The van der Waals surface area contributed by atoms with Gasteiger partial charge in [-0.2, -0.15) is 0 Å². The Labute approximate surface area is 178 Å². The zero-order valence-electron chi connectivity index (χ0n) is 15.5. The zero-order chi connectivity index (χ0) is 21.2. The summed E-state index contributed by atoms with van der Waals surface area (Å²) in [6, 6.07) is 10.9. The number of carbonyl (C=O) groups is 2. The molecule has 156 valence electrons. The molecule has 1 atom stereocenters. The molecule has 0 fully saturated rings. The van der Waals surface area contributed by atoms with Crippen LogP contribution in [0.3, 0.4) is 0 Å². The average molecular weight is 443 g/mol. The summed E-state index contributed by atoms with van der Waals surface area (Å²) in [6.45, 7) is 0.198. The SMILES string of the molecule is O=C(COc1ccc(Cl)c(F)c1)NCCC(O)CC(=O)NCc1ccc(Cl)cc1. The van der Waals surface area contributed by atoms with Gasteiger partial charge in [0.25, 0.3) is 5.91 Å². The van der Waals surface area contributed by atoms with Crippen LogP contribution >= 0.6 is 23.2 Å². The van der Waals surface area contributed by atoms with Crippen molar-refractivity contribution in [1.29, 1.82) is 0 Å². The lowest BCUT2D eigenvalue weighted by molar-refractivity contribution is -0.123. The van der Waals surface area contributed by atoms with Gasteiger partial charge in [-0.05, 0) is 36.2 Å². The molecule has 29 heavy (non-hydrogen) atoms. The summed E-state index contributed by atoms with van der Waals surface area (Å²) in [5.41, 5.74) is 0.894. The number of amides is 2. The van der Waals surface area contributed by atoms with Gasteiger partial charge in [0, 0.05) is 24.2 Å². The van der Waals surface area contributed by atoms with Gasteiger partial charge in [0.15, 0.2) is 6.61 Å². The predicted molar refractivity (Wildman–Crippen MR) is 108 cm³/mol. The van der Waals surface area contributed by atoms with Gasteiger partial charge in [-0.1, -0.05) is 35.3 Å². The number of rotatable bonds is 10. The van der Waals surface area contributed by atoms with Crippen LogP contribution in [0.5, 0.6) is 5.75 Å². The van der Waals surface area contributed by atoms with Crippen molar-refractivity contribution in [3.63, 3.8) is 0 Å². The van der Waals surface area contributed by atoms with E-state index in [1.54, 1.807) is 24.3 Å². The number of hydrogen-bond acceptors (Lipinski definition) is 4. The lowest BCUT2D eigenvalue weighted by atomic mass is 10.1. The second-order valence-corrected chi connectivity index (χ2v) is 7.11. The van der Waals surface area contributed by atoms with Crippen LogP contribution in [-0.4, -0.2) is 36.2 Å². The van der Waals surface area contributed by atoms with E-state index < -0.39 is 17.8 Å². The summed E-state index contributed by atoms with van der Waals surface area (Å²) in [7, 11) is 0. The maximum Gasteiger partial charge on any atom is 0.257 e. The molecule has 2 aromatic carbocycles. The number of halogens is 3. The van der Waals surface area contributed by atoms with Crippen LogP contribution in [0.25, 0.3) is 0 Å². The molecule has 0 radical (unpaired) electrons. The first kappa shape index (κ1) is 22.9. The van der Waals surface area contributed by atoms with Crippen molar-refractivity contribution in [2.45, 2.75) is 25.5 Å². The van der Waals surface area contributed by atoms with Crippen molar-refractivity contribution in [2.24, 2.45) is 0 Å². The highest BCUT2D eigenvalue weighted by Crippen LogP contribution is 2.20. The molecule has 0 aliphatic carbocycles. The van der Waals surface area contributed by atoms with Crippen LogP contribution in [0.4, 0.5) is 4.39 Å². The highest BCUT2D eigenvalue weighted by Gasteiger charge is 2.12. The smallest absolute Gasteiger partial charge is 0.257 e. The lowest BCUT2D eigenvalue weighted by Crippen LogP contribution is -2.33. The van der Waals surface area contributed by atoms with Gasteiger partial charge in [-0.15, -0.1) is 0 Å². The molecule has 0 heterocycles. The molecule has 0 aliphatic heterocycles. The monoisotopic (exact) mass is 442 g/mol. The summed E-state index contributed by atoms with van der Waals surface area (Å²) in [6.07, 6.45) is -0.772. The number of aliphatic hydroxyl groups is 1. The predicted octanol–water partition coefficient (Wildman–Crippen LogP) is 3.09. The quantitative estimate of drug-likeness (QED) is 0.527. The van der Waals surface area contributed by atoms with Crippen molar-refractivity contribution in [3.8, 4) is 5.75 Å². The number of ether oxygens (including phenoxy) is 1. The zero-order valence-corrected chi connectivity index (χ0v) is 17.0. The standard InChI is InChI=1S/C20H21Cl2FN2O4/c21-14-3-1-13(2-4-14)11-25-19(27)9-15(26)7-8-24-20(28)12-29-16-5-6-17(22)18(23)10-16/h1-6,10,15,26H,7-9,11-12H2,(H,24,28)(H,25,27). The number of hydrogen-bond donors (Lipinski definition) is 3. The molecule has 1 unspecified atom stereocenters. The number of benzene rings is 2. The number of aliphatic hydroxyl groups excluding tert-OH is 1. The Balaban J connectivity index is 1.59. The van der Waals surface area contributed by atoms with E-state index in [2.05, 4.69) is 10.6 Å². The molecule has 0 spiro atoms. The van der Waals surface area contributed by atoms with E-state index in [1.165, 1.54) is 12.1 Å². The van der Waals surface area contributed by atoms with Gasteiger partial charge in [0.2, 0.25) is 5.91 Å². The van der Waals surface area contributed by atoms with E-state index in [9.17, 15) is 19.1 Å². The molecule has 2 aromatic rings. The van der Waals surface area contributed by atoms with Crippen molar-refractivity contribution >= 4 is 35.0 Å². The second kappa shape index (κ2) is 11.6. The van der Waals surface area contributed by atoms with Gasteiger partial charge < -0.3 is 20.5 Å². The van der Waals surface area contributed by atoms with Crippen LogP contribution in [-0.2, 0) is 16.1 Å². The number of nitrogens with one attached hydrogen (secondary N) is 2. The molecule has 0 aliphatic rings. The average Bonchev–Trinajstić information content (AvgIpc) is 2.68. The van der Waals surface area contributed by atoms with E-state index >= 15 is 0 Å². The summed E-state index contributed by atoms with van der Waals surface area (Å²) >= 11 is 11.4. The molecule has 0 aromatic heterocycles. The third-order valence-electron chi connectivity index (χ3n) is 3.88. The van der Waals surface area contributed by atoms with Crippen LogP contribution < -0.4 is 15.4 Å². The minimum absolute atomic E-state index is 0.0343. The van der Waals surface area contributed by atoms with Gasteiger partial charge in [-0.3, -0.25) is 9.59 Å². The summed E-state index contributed by atoms with van der Waals surface area (Å²) in [5.74, 6) is -1.19. The molecular formula is C20H21Cl2FN2O4. The fourth-order valence-corrected chi connectivity index (χ4v) is 2.58. The van der Waals surface area contributed by atoms with Gasteiger partial charge in [0.05, 0.1) is 17.5 Å². The molecular weight excluding hydrogens is 422 g/mol. The first-order chi connectivity index (χ1) is 13.8. The van der Waals surface area contributed by atoms with Gasteiger partial charge >= 0.3 is 0 Å². The van der Waals surface area contributed by atoms with Crippen LogP contribution in [0.1, 0.15) is 18.4 Å². The molecule has 0 saturated carbocycles. The third kappa shape index (κ3) is 8.68. The normalized spacial score (nSPS) is 11.6. The Hall–Kier alpha value is -2.35.